The van der Waals surface area contributed by atoms with Gasteiger partial charge in [0.25, 0.3) is 5.91 Å². The number of nitrogens with one attached hydrogen (secondary N) is 2. The van der Waals surface area contributed by atoms with Gasteiger partial charge in [-0.25, -0.2) is 19.7 Å². The number of amides is 1. The highest BCUT2D eigenvalue weighted by atomic mass is 19.4. The highest BCUT2D eigenvalue weighted by Crippen LogP contribution is 2.23. The highest BCUT2D eigenvalue weighted by molar-refractivity contribution is 5.98. The van der Waals surface area contributed by atoms with E-state index in [2.05, 4.69) is 39.3 Å². The van der Waals surface area contributed by atoms with E-state index in [4.69, 9.17) is 14.9 Å². The van der Waals surface area contributed by atoms with Gasteiger partial charge in [-0.2, -0.15) is 13.2 Å². The van der Waals surface area contributed by atoms with E-state index in [0.717, 1.165) is 49.6 Å². The third-order valence-electron chi connectivity index (χ3n) is 4.74. The first-order valence-electron chi connectivity index (χ1n) is 10.3. The zero-order valence-electron chi connectivity index (χ0n) is 18.6. The number of aromatic nitrogens is 3. The van der Waals surface area contributed by atoms with Crippen molar-refractivity contribution < 1.29 is 27.9 Å². The minimum Gasteiger partial charge on any atom is -0.475 e. The van der Waals surface area contributed by atoms with Crippen molar-refractivity contribution in [1.82, 2.24) is 20.3 Å². The molecule has 1 amide bonds. The molecule has 3 rings (SSSR count). The van der Waals surface area contributed by atoms with Gasteiger partial charge in [0.05, 0.1) is 5.56 Å². The molecule has 2 aromatic rings. The number of anilines is 2. The molecule has 0 fully saturated rings. The van der Waals surface area contributed by atoms with Crippen LogP contribution in [-0.2, 0) is 17.6 Å². The van der Waals surface area contributed by atoms with E-state index in [9.17, 15) is 18.0 Å². The number of hydrogen-bond acceptors (Lipinski definition) is 7. The zero-order valence-corrected chi connectivity index (χ0v) is 18.6. The van der Waals surface area contributed by atoms with Gasteiger partial charge in [0, 0.05) is 45.0 Å². The van der Waals surface area contributed by atoms with E-state index in [1.165, 1.54) is 0 Å². The fraction of sp³-hybridized carbons (Fsp3) is 0.476. The predicted octanol–water partition coefficient (Wildman–Crippen LogP) is 2.54. The van der Waals surface area contributed by atoms with Crippen molar-refractivity contribution in [2.75, 3.05) is 36.9 Å². The van der Waals surface area contributed by atoms with Crippen molar-refractivity contribution in [3.05, 3.63) is 41.5 Å². The molecule has 12 heteroatoms. The fourth-order valence-electron chi connectivity index (χ4n) is 3.08. The number of pyridine rings is 1. The molecule has 3 heterocycles. The standard InChI is InChI=1S/C19H26N6O.C2HF3O2/c1-13(2)11-22-18-15(19(26)20-3)10-14-5-8-25(9-6-16(14)24-18)17-4-7-21-12-23-17;3-2(4,5)1(6)7/h4,7,10,12-13H,5-6,8-9,11H2,1-3H3,(H,20,26)(H,22,24);(H,6,7). The van der Waals surface area contributed by atoms with Gasteiger partial charge in [0.15, 0.2) is 0 Å². The van der Waals surface area contributed by atoms with E-state index >= 15 is 0 Å². The summed E-state index contributed by atoms with van der Waals surface area (Å²) in [7, 11) is 1.65. The number of alkyl halides is 3. The Morgan fingerprint density at radius 1 is 1.24 bits per heavy atom. The number of carboxylic acid groups (broad SMARTS) is 1. The number of rotatable bonds is 5. The Kier molecular flexibility index (Phi) is 8.94. The van der Waals surface area contributed by atoms with E-state index in [0.29, 0.717) is 17.3 Å². The number of nitrogens with zero attached hydrogens (tertiary/aromatic N) is 4. The Morgan fingerprint density at radius 2 is 1.91 bits per heavy atom. The Labute approximate surface area is 189 Å². The van der Waals surface area contributed by atoms with Gasteiger partial charge in [-0.1, -0.05) is 13.8 Å². The van der Waals surface area contributed by atoms with Gasteiger partial charge in [-0.05, 0) is 30.0 Å². The minimum absolute atomic E-state index is 0.108. The number of fused-ring (bicyclic) bond motifs is 1. The summed E-state index contributed by atoms with van der Waals surface area (Å²) in [6.07, 6.45) is -0.0932. The van der Waals surface area contributed by atoms with Crippen LogP contribution in [0.15, 0.2) is 24.7 Å². The van der Waals surface area contributed by atoms with Crippen LogP contribution in [-0.4, -0.2) is 64.8 Å². The molecular formula is C21H27F3N6O3. The van der Waals surface area contributed by atoms with Gasteiger partial charge in [-0.15, -0.1) is 0 Å². The van der Waals surface area contributed by atoms with E-state index in [-0.39, 0.29) is 5.91 Å². The average molecular weight is 468 g/mol. The molecular weight excluding hydrogens is 441 g/mol. The molecule has 9 nitrogen and oxygen atoms in total. The molecule has 0 radical (unpaired) electrons. The van der Waals surface area contributed by atoms with Gasteiger partial charge in [0.2, 0.25) is 0 Å². The van der Waals surface area contributed by atoms with Crippen LogP contribution in [0.3, 0.4) is 0 Å². The molecule has 0 spiro atoms. The largest absolute Gasteiger partial charge is 0.490 e. The quantitative estimate of drug-likeness (QED) is 0.612. The Morgan fingerprint density at radius 3 is 2.45 bits per heavy atom. The summed E-state index contributed by atoms with van der Waals surface area (Å²) in [5.74, 6) is -0.790. The molecule has 0 aliphatic carbocycles. The smallest absolute Gasteiger partial charge is 0.475 e. The molecule has 0 saturated heterocycles. The van der Waals surface area contributed by atoms with Gasteiger partial charge in [0.1, 0.15) is 18.0 Å². The SMILES string of the molecule is CNC(=O)c1cc2c(nc1NCC(C)C)CCN(c1ccncn1)CC2.O=C(O)C(F)(F)F. The fourth-order valence-corrected chi connectivity index (χ4v) is 3.08. The maximum atomic E-state index is 12.3. The zero-order chi connectivity index (χ0) is 24.6. The van der Waals surface area contributed by atoms with Crippen molar-refractivity contribution in [2.24, 2.45) is 5.92 Å². The highest BCUT2D eigenvalue weighted by Gasteiger charge is 2.38. The van der Waals surface area contributed by atoms with Gasteiger partial charge < -0.3 is 20.6 Å². The van der Waals surface area contributed by atoms with Crippen LogP contribution in [0.2, 0.25) is 0 Å². The summed E-state index contributed by atoms with van der Waals surface area (Å²) in [6.45, 7) is 6.74. The number of carbonyl (C=O) groups is 2. The predicted molar refractivity (Wildman–Crippen MR) is 116 cm³/mol. The molecule has 1 aliphatic heterocycles. The van der Waals surface area contributed by atoms with Gasteiger partial charge in [-0.3, -0.25) is 4.79 Å². The Hall–Kier alpha value is -3.44. The van der Waals surface area contributed by atoms with Crippen LogP contribution in [0, 0.1) is 5.92 Å². The lowest BCUT2D eigenvalue weighted by atomic mass is 10.0. The lowest BCUT2D eigenvalue weighted by molar-refractivity contribution is -0.192. The Bertz CT molecular complexity index is 954. The number of hydrogen-bond donors (Lipinski definition) is 3. The molecule has 180 valence electrons. The molecule has 0 atom stereocenters. The van der Waals surface area contributed by atoms with Crippen LogP contribution in [0.1, 0.15) is 35.5 Å². The third-order valence-corrected chi connectivity index (χ3v) is 4.74. The normalized spacial score (nSPS) is 13.4. The summed E-state index contributed by atoms with van der Waals surface area (Å²) in [6, 6.07) is 3.92. The molecule has 1 aliphatic rings. The number of halogens is 3. The summed E-state index contributed by atoms with van der Waals surface area (Å²) in [5, 5.41) is 13.2. The molecule has 0 bridgehead atoms. The van der Waals surface area contributed by atoms with Gasteiger partial charge >= 0.3 is 12.1 Å². The van der Waals surface area contributed by atoms with Crippen LogP contribution >= 0.6 is 0 Å². The maximum absolute atomic E-state index is 12.3. The van der Waals surface area contributed by atoms with E-state index in [1.54, 1.807) is 19.6 Å². The summed E-state index contributed by atoms with van der Waals surface area (Å²) in [5.41, 5.74) is 2.80. The second kappa shape index (κ2) is 11.4. The summed E-state index contributed by atoms with van der Waals surface area (Å²) >= 11 is 0. The molecule has 2 aromatic heterocycles. The molecule has 0 aromatic carbocycles. The molecule has 3 N–H and O–H groups in total. The number of carboxylic acids is 1. The van der Waals surface area contributed by atoms with Crippen molar-refractivity contribution in [1.29, 1.82) is 0 Å². The van der Waals surface area contributed by atoms with E-state index < -0.39 is 12.1 Å². The molecule has 33 heavy (non-hydrogen) atoms. The summed E-state index contributed by atoms with van der Waals surface area (Å²) in [4.78, 5) is 36.6. The van der Waals surface area contributed by atoms with E-state index in [1.807, 2.05) is 12.1 Å². The monoisotopic (exact) mass is 468 g/mol. The van der Waals surface area contributed by atoms with Crippen LogP contribution in [0.4, 0.5) is 24.8 Å². The second-order valence-corrected chi connectivity index (χ2v) is 7.70. The molecule has 0 unspecified atom stereocenters. The first-order chi connectivity index (χ1) is 15.5. The van der Waals surface area contributed by atoms with Crippen LogP contribution in [0.25, 0.3) is 0 Å². The average Bonchev–Trinajstić information content (AvgIpc) is 2.99. The lowest BCUT2D eigenvalue weighted by Crippen LogP contribution is -2.26. The van der Waals surface area contributed by atoms with Crippen LogP contribution < -0.4 is 15.5 Å². The minimum atomic E-state index is -5.08. The van der Waals surface area contributed by atoms with Crippen molar-refractivity contribution in [3.8, 4) is 0 Å². The maximum Gasteiger partial charge on any atom is 0.490 e. The first-order valence-corrected chi connectivity index (χ1v) is 10.3. The van der Waals surface area contributed by atoms with Crippen LogP contribution in [0.5, 0.6) is 0 Å². The van der Waals surface area contributed by atoms with Crippen molar-refractivity contribution >= 4 is 23.5 Å². The first kappa shape index (κ1) is 25.8. The molecule has 0 saturated carbocycles. The lowest BCUT2D eigenvalue weighted by Gasteiger charge is -2.20. The summed E-state index contributed by atoms with van der Waals surface area (Å²) < 4.78 is 31.7. The topological polar surface area (TPSA) is 120 Å². The van der Waals surface area contributed by atoms with Crippen molar-refractivity contribution in [2.45, 2.75) is 32.9 Å². The number of aliphatic carboxylic acids is 1. The second-order valence-electron chi connectivity index (χ2n) is 7.70. The van der Waals surface area contributed by atoms with Crippen molar-refractivity contribution in [3.63, 3.8) is 0 Å². The third kappa shape index (κ3) is 7.58. The Balaban J connectivity index is 0.000000479. The number of carbonyl (C=O) groups excluding carboxylic acids is 1.